The van der Waals surface area contributed by atoms with Crippen molar-refractivity contribution < 1.29 is 4.74 Å². The lowest BCUT2D eigenvalue weighted by Gasteiger charge is -2.13. The topological polar surface area (TPSA) is 35.2 Å². The Balaban J connectivity index is 2.39. The summed E-state index contributed by atoms with van der Waals surface area (Å²) in [5.41, 5.74) is 6.52. The summed E-state index contributed by atoms with van der Waals surface area (Å²) in [5.74, 6) is 1.21. The largest absolute Gasteiger partial charge is 0.454 e. The van der Waals surface area contributed by atoms with Gasteiger partial charge in [-0.15, -0.1) is 0 Å². The second-order valence-electron chi connectivity index (χ2n) is 3.61. The van der Waals surface area contributed by atoms with Crippen LogP contribution in [0.3, 0.4) is 0 Å². The molecule has 2 N–H and O–H groups in total. The highest BCUT2D eigenvalue weighted by atomic mass is 79.9. The van der Waals surface area contributed by atoms with Gasteiger partial charge in [0.05, 0.1) is 9.50 Å². The van der Waals surface area contributed by atoms with Gasteiger partial charge in [0.15, 0.2) is 5.75 Å². The molecular formula is C13H10BrCl2NO. The summed E-state index contributed by atoms with van der Waals surface area (Å²) in [6, 6.07) is 10.8. The number of nitrogens with two attached hydrogens (primary N) is 1. The molecule has 0 amide bonds. The maximum atomic E-state index is 6.12. The Labute approximate surface area is 124 Å². The summed E-state index contributed by atoms with van der Waals surface area (Å²) in [6.45, 7) is 0.362. The molecule has 94 valence electrons. The number of rotatable bonds is 3. The molecule has 18 heavy (non-hydrogen) atoms. The van der Waals surface area contributed by atoms with Crippen molar-refractivity contribution in [1.82, 2.24) is 0 Å². The zero-order valence-electron chi connectivity index (χ0n) is 9.29. The van der Waals surface area contributed by atoms with Gasteiger partial charge >= 0.3 is 0 Å². The number of benzene rings is 2. The van der Waals surface area contributed by atoms with Crippen LogP contribution in [0.2, 0.25) is 10.0 Å². The molecule has 0 unspecified atom stereocenters. The zero-order valence-corrected chi connectivity index (χ0v) is 12.4. The lowest BCUT2D eigenvalue weighted by atomic mass is 10.2. The van der Waals surface area contributed by atoms with Crippen molar-refractivity contribution in [3.63, 3.8) is 0 Å². The van der Waals surface area contributed by atoms with E-state index in [4.69, 9.17) is 33.7 Å². The van der Waals surface area contributed by atoms with Gasteiger partial charge in [-0.05, 0) is 40.2 Å². The van der Waals surface area contributed by atoms with Crippen LogP contribution in [0.1, 0.15) is 5.56 Å². The molecule has 5 heteroatoms. The highest BCUT2D eigenvalue weighted by molar-refractivity contribution is 9.10. The third kappa shape index (κ3) is 2.98. The highest BCUT2D eigenvalue weighted by Crippen LogP contribution is 2.37. The van der Waals surface area contributed by atoms with Gasteiger partial charge in [-0.3, -0.25) is 0 Å². The number of hydrogen-bond donors (Lipinski definition) is 1. The average molecular weight is 347 g/mol. The van der Waals surface area contributed by atoms with Crippen LogP contribution in [-0.2, 0) is 6.54 Å². The molecule has 0 saturated heterocycles. The van der Waals surface area contributed by atoms with Gasteiger partial charge in [0, 0.05) is 17.1 Å². The molecule has 0 saturated carbocycles. The normalized spacial score (nSPS) is 10.4. The molecule has 0 bridgehead atoms. The fourth-order valence-electron chi connectivity index (χ4n) is 1.50. The van der Waals surface area contributed by atoms with Gasteiger partial charge in [-0.2, -0.15) is 0 Å². The molecule has 2 aromatic carbocycles. The molecule has 0 aromatic heterocycles. The van der Waals surface area contributed by atoms with Crippen molar-refractivity contribution in [2.75, 3.05) is 0 Å². The molecule has 0 aliphatic rings. The van der Waals surface area contributed by atoms with Crippen molar-refractivity contribution in [3.8, 4) is 11.5 Å². The van der Waals surface area contributed by atoms with Gasteiger partial charge in [-0.25, -0.2) is 0 Å². The van der Waals surface area contributed by atoms with E-state index >= 15 is 0 Å². The first-order valence-electron chi connectivity index (χ1n) is 5.22. The van der Waals surface area contributed by atoms with Gasteiger partial charge in [0.2, 0.25) is 0 Å². The summed E-state index contributed by atoms with van der Waals surface area (Å²) < 4.78 is 6.56. The van der Waals surface area contributed by atoms with E-state index in [1.807, 2.05) is 12.1 Å². The van der Waals surface area contributed by atoms with E-state index in [2.05, 4.69) is 15.9 Å². The van der Waals surface area contributed by atoms with Crippen molar-refractivity contribution in [3.05, 3.63) is 56.5 Å². The van der Waals surface area contributed by atoms with E-state index < -0.39 is 0 Å². The van der Waals surface area contributed by atoms with E-state index in [1.165, 1.54) is 0 Å². The average Bonchev–Trinajstić information content (AvgIpc) is 2.34. The highest BCUT2D eigenvalue weighted by Gasteiger charge is 2.10. The standard InChI is InChI=1S/C13H10BrCl2NO/c14-10-6-9(15)4-5-12(10)18-13-8(7-17)2-1-3-11(13)16/h1-6H,7,17H2. The van der Waals surface area contributed by atoms with Crippen LogP contribution in [0.4, 0.5) is 0 Å². The molecule has 0 aliphatic carbocycles. The smallest absolute Gasteiger partial charge is 0.150 e. The van der Waals surface area contributed by atoms with Gasteiger partial charge in [-0.1, -0.05) is 35.3 Å². The molecule has 0 radical (unpaired) electrons. The minimum atomic E-state index is 0.362. The number of ether oxygens (including phenoxy) is 1. The molecule has 0 heterocycles. The predicted octanol–water partition coefficient (Wildman–Crippen LogP) is 5.01. The first-order valence-corrected chi connectivity index (χ1v) is 6.77. The monoisotopic (exact) mass is 345 g/mol. The quantitative estimate of drug-likeness (QED) is 0.848. The Bertz CT molecular complexity index is 575. The Kier molecular flexibility index (Phi) is 4.51. The molecule has 0 atom stereocenters. The van der Waals surface area contributed by atoms with Crippen LogP contribution < -0.4 is 10.5 Å². The summed E-state index contributed by atoms with van der Waals surface area (Å²) in [7, 11) is 0. The lowest BCUT2D eigenvalue weighted by Crippen LogP contribution is -2.00. The van der Waals surface area contributed by atoms with E-state index in [0.717, 1.165) is 10.0 Å². The maximum absolute atomic E-state index is 6.12. The molecule has 0 aliphatic heterocycles. The second kappa shape index (κ2) is 5.93. The van der Waals surface area contributed by atoms with Crippen LogP contribution in [0.5, 0.6) is 11.5 Å². The fraction of sp³-hybridized carbons (Fsp3) is 0.0769. The molecule has 0 spiro atoms. The van der Waals surface area contributed by atoms with E-state index in [0.29, 0.717) is 28.1 Å². The zero-order chi connectivity index (χ0) is 13.1. The van der Waals surface area contributed by atoms with E-state index in [9.17, 15) is 0 Å². The van der Waals surface area contributed by atoms with Gasteiger partial charge in [0.1, 0.15) is 5.75 Å². The number of halogens is 3. The SMILES string of the molecule is NCc1cccc(Cl)c1Oc1ccc(Cl)cc1Br. The van der Waals surface area contributed by atoms with Crippen molar-refractivity contribution in [2.24, 2.45) is 5.73 Å². The van der Waals surface area contributed by atoms with Crippen molar-refractivity contribution >= 4 is 39.1 Å². The summed E-state index contributed by atoms with van der Waals surface area (Å²) in [4.78, 5) is 0. The van der Waals surface area contributed by atoms with Crippen LogP contribution in [0, 0.1) is 0 Å². The summed E-state index contributed by atoms with van der Waals surface area (Å²) >= 11 is 15.4. The first-order chi connectivity index (χ1) is 8.61. The minimum absolute atomic E-state index is 0.362. The van der Waals surface area contributed by atoms with Gasteiger partial charge in [0.25, 0.3) is 0 Å². The van der Waals surface area contributed by atoms with Crippen molar-refractivity contribution in [2.45, 2.75) is 6.54 Å². The third-order valence-electron chi connectivity index (χ3n) is 2.37. The Morgan fingerprint density at radius 2 is 1.94 bits per heavy atom. The molecule has 2 aromatic rings. The molecule has 0 fully saturated rings. The fourth-order valence-corrected chi connectivity index (χ4v) is 2.49. The van der Waals surface area contributed by atoms with Crippen molar-refractivity contribution in [1.29, 1.82) is 0 Å². The summed E-state index contributed by atoms with van der Waals surface area (Å²) in [6.07, 6.45) is 0. The maximum Gasteiger partial charge on any atom is 0.150 e. The summed E-state index contributed by atoms with van der Waals surface area (Å²) in [5, 5.41) is 1.16. The molecule has 2 nitrogen and oxygen atoms in total. The van der Waals surface area contributed by atoms with Crippen LogP contribution in [0.25, 0.3) is 0 Å². The predicted molar refractivity (Wildman–Crippen MR) is 78.6 cm³/mol. The third-order valence-corrected chi connectivity index (χ3v) is 3.53. The number of hydrogen-bond acceptors (Lipinski definition) is 2. The van der Waals surface area contributed by atoms with Crippen LogP contribution in [0.15, 0.2) is 40.9 Å². The Morgan fingerprint density at radius 1 is 1.17 bits per heavy atom. The second-order valence-corrected chi connectivity index (χ2v) is 5.31. The Hall–Kier alpha value is -0.740. The first kappa shape index (κ1) is 13.7. The van der Waals surface area contributed by atoms with Crippen LogP contribution >= 0.6 is 39.1 Å². The van der Waals surface area contributed by atoms with E-state index in [1.54, 1.807) is 24.3 Å². The number of para-hydroxylation sites is 1. The lowest BCUT2D eigenvalue weighted by molar-refractivity contribution is 0.474. The Morgan fingerprint density at radius 3 is 2.61 bits per heavy atom. The molecular weight excluding hydrogens is 337 g/mol. The van der Waals surface area contributed by atoms with Crippen LogP contribution in [-0.4, -0.2) is 0 Å². The minimum Gasteiger partial charge on any atom is -0.454 e. The molecule has 2 rings (SSSR count). The van der Waals surface area contributed by atoms with E-state index in [-0.39, 0.29) is 0 Å². The van der Waals surface area contributed by atoms with Gasteiger partial charge < -0.3 is 10.5 Å².